The van der Waals surface area contributed by atoms with Gasteiger partial charge in [0, 0.05) is 18.8 Å². The second-order valence-electron chi connectivity index (χ2n) is 5.50. The number of benzene rings is 1. The molecule has 1 saturated heterocycles. The summed E-state index contributed by atoms with van der Waals surface area (Å²) in [6, 6.07) is 8.64. The van der Waals surface area contributed by atoms with Crippen molar-refractivity contribution in [1.82, 2.24) is 4.90 Å². The maximum Gasteiger partial charge on any atom is 0.417 e. The van der Waals surface area contributed by atoms with Crippen molar-refractivity contribution in [3.8, 4) is 0 Å². The molecule has 1 aromatic carbocycles. The van der Waals surface area contributed by atoms with Crippen molar-refractivity contribution in [2.45, 2.75) is 17.8 Å². The van der Waals surface area contributed by atoms with Crippen LogP contribution in [0.3, 0.4) is 0 Å². The number of rotatable bonds is 2. The largest absolute Gasteiger partial charge is 0.468 e. The highest BCUT2D eigenvalue weighted by atomic mass is 32.2. The molecule has 2 aromatic rings. The molecule has 2 heterocycles. The third kappa shape index (κ3) is 3.61. The van der Waals surface area contributed by atoms with Crippen molar-refractivity contribution in [3.63, 3.8) is 0 Å². The molecule has 0 N–H and O–H groups in total. The highest BCUT2D eigenvalue weighted by Crippen LogP contribution is 2.36. The smallest absolute Gasteiger partial charge is 0.417 e. The van der Waals surface area contributed by atoms with Gasteiger partial charge < -0.3 is 9.32 Å². The van der Waals surface area contributed by atoms with Gasteiger partial charge in [-0.2, -0.15) is 13.2 Å². The maximum absolute atomic E-state index is 13.1. The number of amides is 1. The van der Waals surface area contributed by atoms with E-state index in [2.05, 4.69) is 0 Å². The van der Waals surface area contributed by atoms with Gasteiger partial charge in [-0.25, -0.2) is 0 Å². The third-order valence-corrected chi connectivity index (χ3v) is 5.24. The zero-order valence-corrected chi connectivity index (χ0v) is 13.6. The van der Waals surface area contributed by atoms with Crippen LogP contribution in [0.5, 0.6) is 0 Å². The predicted octanol–water partition coefficient (Wildman–Crippen LogP) is 4.62. The van der Waals surface area contributed by atoms with E-state index in [1.54, 1.807) is 18.0 Å². The van der Waals surface area contributed by atoms with Crippen LogP contribution in [-0.2, 0) is 6.18 Å². The lowest BCUT2D eigenvalue weighted by Crippen LogP contribution is -2.34. The lowest BCUT2D eigenvalue weighted by atomic mass is 10.1. The number of furan rings is 1. The minimum atomic E-state index is -4.54. The van der Waals surface area contributed by atoms with Crippen molar-refractivity contribution in [2.75, 3.05) is 18.8 Å². The van der Waals surface area contributed by atoms with E-state index in [9.17, 15) is 18.0 Å². The molecule has 0 bridgehead atoms. The summed E-state index contributed by atoms with van der Waals surface area (Å²) in [5.74, 6) is 0.930. The van der Waals surface area contributed by atoms with Gasteiger partial charge in [-0.3, -0.25) is 4.79 Å². The van der Waals surface area contributed by atoms with Gasteiger partial charge in [-0.15, -0.1) is 11.8 Å². The first-order chi connectivity index (χ1) is 11.5. The monoisotopic (exact) mass is 355 g/mol. The van der Waals surface area contributed by atoms with Gasteiger partial charge in [0.1, 0.15) is 5.76 Å². The normalized spacial score (nSPS) is 19.1. The molecule has 0 radical (unpaired) electrons. The van der Waals surface area contributed by atoms with Crippen LogP contribution in [0, 0.1) is 0 Å². The van der Waals surface area contributed by atoms with Crippen LogP contribution in [0.2, 0.25) is 0 Å². The Kier molecular flexibility index (Phi) is 4.89. The van der Waals surface area contributed by atoms with Gasteiger partial charge in [-0.1, -0.05) is 12.1 Å². The van der Waals surface area contributed by atoms with Gasteiger partial charge in [0.2, 0.25) is 0 Å². The summed E-state index contributed by atoms with van der Waals surface area (Å²) in [7, 11) is 0. The summed E-state index contributed by atoms with van der Waals surface area (Å²) in [6.07, 6.45) is -2.29. The zero-order valence-electron chi connectivity index (χ0n) is 12.8. The maximum atomic E-state index is 13.1. The summed E-state index contributed by atoms with van der Waals surface area (Å²) in [5.41, 5.74) is -1.17. The molecule has 1 aromatic heterocycles. The summed E-state index contributed by atoms with van der Waals surface area (Å²) in [4.78, 5) is 14.1. The number of alkyl halides is 3. The number of carbonyl (C=O) groups is 1. The fourth-order valence-corrected chi connectivity index (χ4v) is 3.94. The SMILES string of the molecule is O=C(c1ccccc1C(F)(F)F)N1CCSC(c2ccco2)CC1. The van der Waals surface area contributed by atoms with Crippen LogP contribution in [0.1, 0.15) is 33.4 Å². The Morgan fingerprint density at radius 2 is 1.96 bits per heavy atom. The van der Waals surface area contributed by atoms with Gasteiger partial charge in [0.15, 0.2) is 0 Å². The van der Waals surface area contributed by atoms with Gasteiger partial charge >= 0.3 is 6.18 Å². The Labute approximate surface area is 141 Å². The molecular formula is C17H16F3NO2S. The third-order valence-electron chi connectivity index (χ3n) is 3.95. The fraction of sp³-hybridized carbons (Fsp3) is 0.353. The predicted molar refractivity (Wildman–Crippen MR) is 85.9 cm³/mol. The van der Waals surface area contributed by atoms with Gasteiger partial charge in [-0.05, 0) is 30.7 Å². The average Bonchev–Trinajstić information content (AvgIpc) is 2.98. The van der Waals surface area contributed by atoms with Crippen molar-refractivity contribution in [1.29, 1.82) is 0 Å². The number of hydrogen-bond acceptors (Lipinski definition) is 3. The van der Waals surface area contributed by atoms with Crippen molar-refractivity contribution in [3.05, 3.63) is 59.5 Å². The van der Waals surface area contributed by atoms with Crippen molar-refractivity contribution in [2.24, 2.45) is 0 Å². The minimum Gasteiger partial charge on any atom is -0.468 e. The lowest BCUT2D eigenvalue weighted by Gasteiger charge is -2.22. The van der Waals surface area contributed by atoms with Crippen molar-refractivity contribution < 1.29 is 22.4 Å². The molecule has 0 saturated carbocycles. The Bertz CT molecular complexity index is 700. The van der Waals surface area contributed by atoms with E-state index in [0.717, 1.165) is 11.8 Å². The van der Waals surface area contributed by atoms with Gasteiger partial charge in [0.05, 0.1) is 22.6 Å². The molecule has 0 aliphatic carbocycles. The molecule has 0 spiro atoms. The van der Waals surface area contributed by atoms with E-state index in [1.165, 1.54) is 23.1 Å². The second kappa shape index (κ2) is 6.93. The van der Waals surface area contributed by atoms with Crippen LogP contribution in [0.15, 0.2) is 47.1 Å². The average molecular weight is 355 g/mol. The van der Waals surface area contributed by atoms with E-state index < -0.39 is 17.6 Å². The van der Waals surface area contributed by atoms with Crippen LogP contribution >= 0.6 is 11.8 Å². The van der Waals surface area contributed by atoms with Crippen LogP contribution in [0.4, 0.5) is 13.2 Å². The number of carbonyl (C=O) groups excluding carboxylic acids is 1. The molecule has 1 fully saturated rings. The molecule has 3 rings (SSSR count). The molecule has 128 valence electrons. The second-order valence-corrected chi connectivity index (χ2v) is 6.81. The first kappa shape index (κ1) is 17.0. The van der Waals surface area contributed by atoms with Crippen LogP contribution in [-0.4, -0.2) is 29.6 Å². The van der Waals surface area contributed by atoms with E-state index >= 15 is 0 Å². The highest BCUT2D eigenvalue weighted by molar-refractivity contribution is 7.99. The highest BCUT2D eigenvalue weighted by Gasteiger charge is 2.36. The first-order valence-electron chi connectivity index (χ1n) is 7.57. The summed E-state index contributed by atoms with van der Waals surface area (Å²) in [6.45, 7) is 0.830. The van der Waals surface area contributed by atoms with Gasteiger partial charge in [0.25, 0.3) is 5.91 Å². The first-order valence-corrected chi connectivity index (χ1v) is 8.62. The molecule has 1 aliphatic rings. The fourth-order valence-electron chi connectivity index (χ4n) is 2.76. The van der Waals surface area contributed by atoms with E-state index in [4.69, 9.17) is 4.42 Å². The summed E-state index contributed by atoms with van der Waals surface area (Å²) in [5, 5.41) is 0.121. The Morgan fingerprint density at radius 1 is 1.17 bits per heavy atom. The molecule has 1 amide bonds. The number of thioether (sulfide) groups is 1. The molecule has 24 heavy (non-hydrogen) atoms. The van der Waals surface area contributed by atoms with E-state index in [-0.39, 0.29) is 10.8 Å². The quantitative estimate of drug-likeness (QED) is 0.788. The topological polar surface area (TPSA) is 33.5 Å². The molecule has 1 atom stereocenters. The van der Waals surface area contributed by atoms with Crippen LogP contribution in [0.25, 0.3) is 0 Å². The summed E-state index contributed by atoms with van der Waals surface area (Å²) < 4.78 is 44.8. The molecule has 3 nitrogen and oxygen atoms in total. The number of nitrogens with zero attached hydrogens (tertiary/aromatic N) is 1. The van der Waals surface area contributed by atoms with E-state index in [0.29, 0.717) is 25.3 Å². The van der Waals surface area contributed by atoms with Crippen molar-refractivity contribution >= 4 is 17.7 Å². The minimum absolute atomic E-state index is 0.121. The summed E-state index contributed by atoms with van der Waals surface area (Å²) >= 11 is 1.66. The molecular weight excluding hydrogens is 339 g/mol. The lowest BCUT2D eigenvalue weighted by molar-refractivity contribution is -0.138. The standard InChI is InChI=1S/C17H16F3NO2S/c18-17(19,20)13-5-2-1-4-12(13)16(22)21-8-7-15(24-11-9-21)14-6-3-10-23-14/h1-6,10,15H,7-9,11H2. The molecule has 1 aliphatic heterocycles. The van der Waals surface area contributed by atoms with E-state index in [1.807, 2.05) is 12.1 Å². The zero-order chi connectivity index (χ0) is 17.2. The Balaban J connectivity index is 1.77. The number of halogens is 3. The Hall–Kier alpha value is -1.89. The van der Waals surface area contributed by atoms with Crippen LogP contribution < -0.4 is 0 Å². The molecule has 1 unspecified atom stereocenters. The molecule has 7 heteroatoms. The number of hydrogen-bond donors (Lipinski definition) is 0. The Morgan fingerprint density at radius 3 is 2.67 bits per heavy atom.